The summed E-state index contributed by atoms with van der Waals surface area (Å²) in [7, 11) is -3.63. The van der Waals surface area contributed by atoms with Gasteiger partial charge in [0, 0.05) is 31.2 Å². The molecule has 2 bridgehead atoms. The Bertz CT molecular complexity index is 1320. The van der Waals surface area contributed by atoms with Gasteiger partial charge in [0.25, 0.3) is 5.88 Å². The highest BCUT2D eigenvalue weighted by molar-refractivity contribution is 7.90. The van der Waals surface area contributed by atoms with E-state index in [1.165, 1.54) is 6.07 Å². The van der Waals surface area contributed by atoms with Crippen molar-refractivity contribution in [1.29, 1.82) is 0 Å². The number of fused-ring (bicyclic) bond motifs is 2. The van der Waals surface area contributed by atoms with Gasteiger partial charge in [-0.25, -0.2) is 22.6 Å². The Hall–Kier alpha value is -3.55. The minimum absolute atomic E-state index is 0.0867. The zero-order valence-electron chi connectivity index (χ0n) is 20.0. The Labute approximate surface area is 212 Å². The van der Waals surface area contributed by atoms with E-state index < -0.39 is 32.4 Å². The summed E-state index contributed by atoms with van der Waals surface area (Å²) in [5.41, 5.74) is -0.774. The molecule has 1 aliphatic carbocycles. The number of aromatic nitrogens is 2. The summed E-state index contributed by atoms with van der Waals surface area (Å²) in [5, 5.41) is 14.5. The topological polar surface area (TPSA) is 154 Å². The summed E-state index contributed by atoms with van der Waals surface area (Å²) in [5.74, 6) is -1.03. The molecule has 1 N–H and O–H groups in total. The summed E-state index contributed by atoms with van der Waals surface area (Å²) >= 11 is 0. The molecule has 1 aromatic heterocycles. The average molecular weight is 536 g/mol. The fraction of sp³-hybridized carbons (Fsp3) is 0.522. The Morgan fingerprint density at radius 1 is 1.22 bits per heavy atom. The molecule has 2 aromatic rings. The fourth-order valence-electron chi connectivity index (χ4n) is 4.89. The second-order valence-electron chi connectivity index (χ2n) is 9.70. The number of piperidine rings is 1. The number of sulfone groups is 1. The van der Waals surface area contributed by atoms with Crippen molar-refractivity contribution in [2.45, 2.75) is 61.6 Å². The third-order valence-corrected chi connectivity index (χ3v) is 8.02. The molecule has 2 atom stereocenters. The summed E-state index contributed by atoms with van der Waals surface area (Å²) in [6, 6.07) is 2.99. The van der Waals surface area contributed by atoms with Gasteiger partial charge >= 0.3 is 11.8 Å². The van der Waals surface area contributed by atoms with Crippen molar-refractivity contribution in [3.05, 3.63) is 40.5 Å². The molecule has 5 rings (SSSR count). The summed E-state index contributed by atoms with van der Waals surface area (Å²) in [6.45, 7) is 0.440. The van der Waals surface area contributed by atoms with E-state index in [-0.39, 0.29) is 40.5 Å². The number of ether oxygens (including phenoxy) is 2. The van der Waals surface area contributed by atoms with E-state index in [0.717, 1.165) is 50.4 Å². The van der Waals surface area contributed by atoms with Gasteiger partial charge < -0.3 is 19.7 Å². The number of nitrogens with zero attached hydrogens (tertiary/aromatic N) is 4. The van der Waals surface area contributed by atoms with Crippen molar-refractivity contribution in [2.75, 3.05) is 18.2 Å². The van der Waals surface area contributed by atoms with Crippen LogP contribution in [0.4, 0.5) is 26.4 Å². The number of carbonyl (C=O) groups excluding carboxylic acids is 1. The number of nitrogens with one attached hydrogen (secondary N) is 1. The van der Waals surface area contributed by atoms with Gasteiger partial charge in [-0.3, -0.25) is 10.1 Å². The summed E-state index contributed by atoms with van der Waals surface area (Å²) < 4.78 is 49.3. The van der Waals surface area contributed by atoms with Crippen LogP contribution in [0.15, 0.2) is 29.4 Å². The van der Waals surface area contributed by atoms with E-state index in [0.29, 0.717) is 25.4 Å². The number of rotatable bonds is 8. The Balaban J connectivity index is 1.31. The molecule has 1 amide bonds. The van der Waals surface area contributed by atoms with E-state index in [1.807, 2.05) is 0 Å². The Kier molecular flexibility index (Phi) is 6.60. The van der Waals surface area contributed by atoms with Gasteiger partial charge in [-0.05, 0) is 49.8 Å². The minimum atomic E-state index is -3.63. The smallest absolute Gasteiger partial charge is 0.410 e. The van der Waals surface area contributed by atoms with Crippen LogP contribution in [-0.2, 0) is 14.6 Å². The third kappa shape index (κ3) is 5.43. The number of hydrogen-bond donors (Lipinski definition) is 1. The molecule has 0 radical (unpaired) electrons. The zero-order chi connectivity index (χ0) is 26.3. The lowest BCUT2D eigenvalue weighted by Crippen LogP contribution is -2.49. The highest BCUT2D eigenvalue weighted by Gasteiger charge is 2.46. The van der Waals surface area contributed by atoms with Crippen molar-refractivity contribution in [1.82, 2.24) is 14.9 Å². The quantitative estimate of drug-likeness (QED) is 0.392. The lowest BCUT2D eigenvalue weighted by atomic mass is 10.0. The van der Waals surface area contributed by atoms with Crippen molar-refractivity contribution in [3.63, 3.8) is 0 Å². The molecular formula is C23H26FN5O7S. The standard InChI is InChI=1S/C23H26FN5O7S/c1-37(33,34)17-6-7-19(18(24)10-17)27-21-20(29(31)32)22(26-12-25-21)36-16-8-14-4-5-15(9-16)28(14)23(30)35-11-13-2-3-13/h6-7,10,12-16H,2-5,8-9,11H2,1H3,(H,25,26,27)/t14-,15-/m1/s1. The molecule has 1 aromatic carbocycles. The number of amides is 1. The molecule has 1 saturated carbocycles. The molecule has 3 fully saturated rings. The van der Waals surface area contributed by atoms with Gasteiger partial charge in [-0.15, -0.1) is 0 Å². The molecule has 198 valence electrons. The number of anilines is 2. The van der Waals surface area contributed by atoms with Crippen LogP contribution in [0.3, 0.4) is 0 Å². The van der Waals surface area contributed by atoms with E-state index in [4.69, 9.17) is 9.47 Å². The van der Waals surface area contributed by atoms with Crippen LogP contribution in [0.1, 0.15) is 38.5 Å². The van der Waals surface area contributed by atoms with Gasteiger partial charge in [0.1, 0.15) is 18.2 Å². The van der Waals surface area contributed by atoms with E-state index in [1.54, 1.807) is 4.90 Å². The monoisotopic (exact) mass is 535 g/mol. The first kappa shape index (κ1) is 25.1. The molecular weight excluding hydrogens is 509 g/mol. The SMILES string of the molecule is CS(=O)(=O)c1ccc(Nc2ncnc(OC3C[C@H]4CC[C@H](C3)N4C(=O)OCC3CC3)c2[N+](=O)[O-])c(F)c1. The van der Waals surface area contributed by atoms with Gasteiger partial charge in [0.15, 0.2) is 9.84 Å². The normalized spacial score (nSPS) is 23.0. The van der Waals surface area contributed by atoms with Crippen molar-refractivity contribution in [2.24, 2.45) is 5.92 Å². The number of nitro groups is 1. The minimum Gasteiger partial charge on any atom is -0.469 e. The van der Waals surface area contributed by atoms with Crippen LogP contribution in [-0.4, -0.2) is 65.4 Å². The van der Waals surface area contributed by atoms with Crippen LogP contribution in [0, 0.1) is 21.8 Å². The molecule has 3 aliphatic rings. The first-order valence-corrected chi connectivity index (χ1v) is 13.9. The number of benzene rings is 1. The van der Waals surface area contributed by atoms with Crippen LogP contribution in [0.2, 0.25) is 0 Å². The predicted octanol–water partition coefficient (Wildman–Crippen LogP) is 3.59. The average Bonchev–Trinajstić information content (AvgIpc) is 3.62. The first-order valence-electron chi connectivity index (χ1n) is 12.0. The van der Waals surface area contributed by atoms with Gasteiger partial charge in [0.2, 0.25) is 5.82 Å². The molecule has 0 unspecified atom stereocenters. The van der Waals surface area contributed by atoms with Gasteiger partial charge in [-0.1, -0.05) is 0 Å². The molecule has 3 heterocycles. The van der Waals surface area contributed by atoms with Crippen molar-refractivity contribution in [3.8, 4) is 5.88 Å². The predicted molar refractivity (Wildman–Crippen MR) is 128 cm³/mol. The molecule has 0 spiro atoms. The maximum Gasteiger partial charge on any atom is 0.410 e. The molecule has 2 saturated heterocycles. The fourth-order valence-corrected chi connectivity index (χ4v) is 5.52. The van der Waals surface area contributed by atoms with E-state index in [2.05, 4.69) is 15.3 Å². The van der Waals surface area contributed by atoms with Crippen molar-refractivity contribution >= 4 is 33.1 Å². The van der Waals surface area contributed by atoms with E-state index >= 15 is 0 Å². The molecule has 37 heavy (non-hydrogen) atoms. The summed E-state index contributed by atoms with van der Waals surface area (Å²) in [6.07, 6.45) is 5.98. The first-order chi connectivity index (χ1) is 17.6. The van der Waals surface area contributed by atoms with Crippen LogP contribution >= 0.6 is 0 Å². The van der Waals surface area contributed by atoms with Crippen LogP contribution in [0.25, 0.3) is 0 Å². The third-order valence-electron chi connectivity index (χ3n) is 6.91. The Morgan fingerprint density at radius 3 is 2.51 bits per heavy atom. The highest BCUT2D eigenvalue weighted by Crippen LogP contribution is 2.40. The van der Waals surface area contributed by atoms with Crippen LogP contribution in [0.5, 0.6) is 5.88 Å². The lowest BCUT2D eigenvalue weighted by molar-refractivity contribution is -0.385. The highest BCUT2D eigenvalue weighted by atomic mass is 32.2. The second-order valence-corrected chi connectivity index (χ2v) is 11.7. The second kappa shape index (κ2) is 9.72. The summed E-state index contributed by atoms with van der Waals surface area (Å²) in [4.78, 5) is 33.2. The lowest BCUT2D eigenvalue weighted by Gasteiger charge is -2.37. The van der Waals surface area contributed by atoms with Gasteiger partial charge in [0.05, 0.1) is 22.1 Å². The largest absolute Gasteiger partial charge is 0.469 e. The van der Waals surface area contributed by atoms with Crippen LogP contribution < -0.4 is 10.1 Å². The number of halogens is 1. The van der Waals surface area contributed by atoms with Crippen molar-refractivity contribution < 1.29 is 32.0 Å². The molecule has 2 aliphatic heterocycles. The molecule has 12 nitrogen and oxygen atoms in total. The molecule has 14 heteroatoms. The number of carbonyl (C=O) groups is 1. The Morgan fingerprint density at radius 2 is 1.92 bits per heavy atom. The zero-order valence-corrected chi connectivity index (χ0v) is 20.8. The van der Waals surface area contributed by atoms with Gasteiger partial charge in [-0.2, -0.15) is 4.98 Å². The maximum atomic E-state index is 14.6. The maximum absolute atomic E-state index is 14.6. The van der Waals surface area contributed by atoms with E-state index in [9.17, 15) is 27.7 Å². The number of hydrogen-bond acceptors (Lipinski definition) is 10.